The van der Waals surface area contributed by atoms with Gasteiger partial charge in [-0.25, -0.2) is 0 Å². The van der Waals surface area contributed by atoms with Gasteiger partial charge in [-0.3, -0.25) is 9.59 Å². The summed E-state index contributed by atoms with van der Waals surface area (Å²) >= 11 is 0. The molecule has 142 valence electrons. The molecule has 0 aliphatic rings. The lowest BCUT2D eigenvalue weighted by Crippen LogP contribution is -2.09. The van der Waals surface area contributed by atoms with E-state index >= 15 is 0 Å². The van der Waals surface area contributed by atoms with E-state index < -0.39 is 0 Å². The van der Waals surface area contributed by atoms with Gasteiger partial charge >= 0.3 is 0 Å². The number of carbonyl (C=O) groups excluding carboxylic acids is 2. The summed E-state index contributed by atoms with van der Waals surface area (Å²) in [6.45, 7) is 4.32. The fourth-order valence-electron chi connectivity index (χ4n) is 2.41. The minimum absolute atomic E-state index is 0.131. The first-order valence-corrected chi connectivity index (χ1v) is 9.70. The Morgan fingerprint density at radius 2 is 1.12 bits per heavy atom. The molecule has 4 heteroatoms. The minimum atomic E-state index is -0.131. The Morgan fingerprint density at radius 1 is 0.731 bits per heavy atom. The van der Waals surface area contributed by atoms with Crippen LogP contribution >= 0.6 is 0 Å². The van der Waals surface area contributed by atoms with Gasteiger partial charge in [0.15, 0.2) is 0 Å². The van der Waals surface area contributed by atoms with E-state index in [1.165, 1.54) is 25.7 Å². The van der Waals surface area contributed by atoms with Gasteiger partial charge in [-0.05, 0) is 62.1 Å². The van der Waals surface area contributed by atoms with E-state index in [4.69, 9.17) is 0 Å². The zero-order valence-corrected chi connectivity index (χ0v) is 16.1. The first-order valence-electron chi connectivity index (χ1n) is 9.70. The summed E-state index contributed by atoms with van der Waals surface area (Å²) in [5.41, 5.74) is 1.42. The molecule has 0 radical (unpaired) electrons. The summed E-state index contributed by atoms with van der Waals surface area (Å²) in [4.78, 5) is 23.6. The van der Waals surface area contributed by atoms with E-state index in [9.17, 15) is 9.59 Å². The van der Waals surface area contributed by atoms with Crippen molar-refractivity contribution in [3.8, 4) is 0 Å². The highest BCUT2D eigenvalue weighted by atomic mass is 16.2. The number of benzene rings is 1. The molecule has 0 aliphatic carbocycles. The highest BCUT2D eigenvalue weighted by Gasteiger charge is 2.00. The summed E-state index contributed by atoms with van der Waals surface area (Å²) < 4.78 is 0. The van der Waals surface area contributed by atoms with Crippen molar-refractivity contribution >= 4 is 23.2 Å². The summed E-state index contributed by atoms with van der Waals surface area (Å²) in [5, 5.41) is 5.63. The van der Waals surface area contributed by atoms with Crippen LogP contribution in [0, 0.1) is 0 Å². The Labute approximate surface area is 157 Å². The van der Waals surface area contributed by atoms with E-state index in [0.29, 0.717) is 11.4 Å². The molecule has 4 nitrogen and oxygen atoms in total. The minimum Gasteiger partial charge on any atom is -0.323 e. The van der Waals surface area contributed by atoms with Gasteiger partial charge in [-0.1, -0.05) is 51.7 Å². The summed E-state index contributed by atoms with van der Waals surface area (Å²) in [5.74, 6) is -0.262. The molecule has 0 bridgehead atoms. The molecule has 26 heavy (non-hydrogen) atoms. The number of rotatable bonds is 12. The first kappa shape index (κ1) is 21.7. The van der Waals surface area contributed by atoms with E-state index in [1.807, 2.05) is 12.2 Å². The third-order valence-electron chi connectivity index (χ3n) is 3.91. The van der Waals surface area contributed by atoms with Crippen LogP contribution in [0.5, 0.6) is 0 Å². The molecule has 0 heterocycles. The molecule has 0 unspecified atom stereocenters. The van der Waals surface area contributed by atoms with Gasteiger partial charge < -0.3 is 10.6 Å². The second-order valence-electron chi connectivity index (χ2n) is 6.35. The van der Waals surface area contributed by atoms with Crippen LogP contribution in [0.2, 0.25) is 0 Å². The maximum absolute atomic E-state index is 11.8. The van der Waals surface area contributed by atoms with Crippen LogP contribution < -0.4 is 10.6 Å². The number of hydrogen-bond acceptors (Lipinski definition) is 2. The number of nitrogens with one attached hydrogen (secondary N) is 2. The topological polar surface area (TPSA) is 58.2 Å². The van der Waals surface area contributed by atoms with Crippen molar-refractivity contribution in [1.82, 2.24) is 0 Å². The molecule has 0 aliphatic heterocycles. The smallest absolute Gasteiger partial charge is 0.248 e. The highest BCUT2D eigenvalue weighted by Crippen LogP contribution is 2.14. The van der Waals surface area contributed by atoms with Crippen LogP contribution in [0.3, 0.4) is 0 Å². The lowest BCUT2D eigenvalue weighted by atomic mass is 10.2. The molecule has 0 saturated heterocycles. The SMILES string of the molecule is CCCCC/C=C/C(=O)Nc1ccc(NC(=O)/C=C/CCCCC)cc1. The van der Waals surface area contributed by atoms with Crippen molar-refractivity contribution in [3.63, 3.8) is 0 Å². The zero-order chi connectivity index (χ0) is 19.0. The molecule has 0 spiro atoms. The predicted octanol–water partition coefficient (Wildman–Crippen LogP) is 5.84. The highest BCUT2D eigenvalue weighted by molar-refractivity contribution is 6.00. The number of carbonyl (C=O) groups is 2. The predicted molar refractivity (Wildman–Crippen MR) is 110 cm³/mol. The van der Waals surface area contributed by atoms with Crippen molar-refractivity contribution in [1.29, 1.82) is 0 Å². The number of amides is 2. The molecule has 0 atom stereocenters. The standard InChI is InChI=1S/C22H32N2O2/c1-3-5-7-9-11-13-21(25)23-19-15-17-20(18-16-19)24-22(26)14-12-10-8-6-4-2/h11-18H,3-10H2,1-2H3,(H,23,25)(H,24,26)/b13-11+,14-12+. The fraction of sp³-hybridized carbons (Fsp3) is 0.455. The number of anilines is 2. The van der Waals surface area contributed by atoms with E-state index in [2.05, 4.69) is 24.5 Å². The van der Waals surface area contributed by atoms with Crippen LogP contribution in [-0.2, 0) is 9.59 Å². The van der Waals surface area contributed by atoms with Gasteiger partial charge in [0.1, 0.15) is 0 Å². The van der Waals surface area contributed by atoms with Crippen LogP contribution in [0.1, 0.15) is 65.2 Å². The van der Waals surface area contributed by atoms with Crippen molar-refractivity contribution in [2.24, 2.45) is 0 Å². The van der Waals surface area contributed by atoms with Crippen molar-refractivity contribution < 1.29 is 9.59 Å². The number of unbranched alkanes of at least 4 members (excludes halogenated alkanes) is 6. The molecular weight excluding hydrogens is 324 g/mol. The quantitative estimate of drug-likeness (QED) is 0.365. The first-order chi connectivity index (χ1) is 12.7. The van der Waals surface area contributed by atoms with Crippen LogP contribution in [0.4, 0.5) is 11.4 Å². The van der Waals surface area contributed by atoms with Crippen molar-refractivity contribution in [3.05, 3.63) is 48.6 Å². The summed E-state index contributed by atoms with van der Waals surface area (Å²) in [7, 11) is 0. The molecular formula is C22H32N2O2. The van der Waals surface area contributed by atoms with Gasteiger partial charge in [0.05, 0.1) is 0 Å². The molecule has 1 aromatic rings. The normalized spacial score (nSPS) is 11.2. The molecule has 2 amide bonds. The maximum Gasteiger partial charge on any atom is 0.248 e. The molecule has 1 aromatic carbocycles. The maximum atomic E-state index is 11.8. The Hall–Kier alpha value is -2.36. The Bertz CT molecular complexity index is 536. The van der Waals surface area contributed by atoms with E-state index in [-0.39, 0.29) is 11.8 Å². The second kappa shape index (κ2) is 13.9. The third-order valence-corrected chi connectivity index (χ3v) is 3.91. The molecule has 2 N–H and O–H groups in total. The van der Waals surface area contributed by atoms with Crippen molar-refractivity contribution in [2.45, 2.75) is 65.2 Å². The largest absolute Gasteiger partial charge is 0.323 e. The second-order valence-corrected chi connectivity index (χ2v) is 6.35. The lowest BCUT2D eigenvalue weighted by molar-refractivity contribution is -0.112. The Kier molecular flexibility index (Phi) is 11.6. The number of hydrogen-bond donors (Lipinski definition) is 2. The van der Waals surface area contributed by atoms with Gasteiger partial charge in [0.25, 0.3) is 0 Å². The van der Waals surface area contributed by atoms with E-state index in [1.54, 1.807) is 36.4 Å². The van der Waals surface area contributed by atoms with Crippen molar-refractivity contribution in [2.75, 3.05) is 10.6 Å². The molecule has 1 rings (SSSR count). The lowest BCUT2D eigenvalue weighted by Gasteiger charge is -2.05. The van der Waals surface area contributed by atoms with Gasteiger partial charge in [-0.15, -0.1) is 0 Å². The third kappa shape index (κ3) is 10.5. The summed E-state index contributed by atoms with van der Waals surface area (Å²) in [6.07, 6.45) is 15.8. The van der Waals surface area contributed by atoms with Crippen LogP contribution in [0.25, 0.3) is 0 Å². The monoisotopic (exact) mass is 356 g/mol. The fourth-order valence-corrected chi connectivity index (χ4v) is 2.41. The van der Waals surface area contributed by atoms with Crippen LogP contribution in [-0.4, -0.2) is 11.8 Å². The average Bonchev–Trinajstić information content (AvgIpc) is 2.63. The zero-order valence-electron chi connectivity index (χ0n) is 16.1. The Morgan fingerprint density at radius 3 is 1.46 bits per heavy atom. The summed E-state index contributed by atoms with van der Waals surface area (Å²) in [6, 6.07) is 7.12. The molecule has 0 fully saturated rings. The van der Waals surface area contributed by atoms with Gasteiger partial charge in [0, 0.05) is 11.4 Å². The van der Waals surface area contributed by atoms with Gasteiger partial charge in [0.2, 0.25) is 11.8 Å². The molecule has 0 aromatic heterocycles. The van der Waals surface area contributed by atoms with E-state index in [0.717, 1.165) is 25.7 Å². The van der Waals surface area contributed by atoms with Crippen LogP contribution in [0.15, 0.2) is 48.6 Å². The van der Waals surface area contributed by atoms with Gasteiger partial charge in [-0.2, -0.15) is 0 Å². The Balaban J connectivity index is 2.36. The number of allylic oxidation sites excluding steroid dienone is 2. The molecule has 0 saturated carbocycles. The average molecular weight is 357 g/mol.